The maximum atomic E-state index is 5.24. The molecule has 0 spiro atoms. The molecule has 2 nitrogen and oxygen atoms in total. The van der Waals surface area contributed by atoms with E-state index in [1.807, 2.05) is 6.92 Å². The van der Waals surface area contributed by atoms with Gasteiger partial charge < -0.3 is 10.1 Å². The number of hydrogen-bond acceptors (Lipinski definition) is 2. The molecular weight excluding hydrogens is 342 g/mol. The van der Waals surface area contributed by atoms with Crippen molar-refractivity contribution < 1.29 is 4.74 Å². The van der Waals surface area contributed by atoms with Gasteiger partial charge in [0.2, 0.25) is 0 Å². The van der Waals surface area contributed by atoms with Gasteiger partial charge in [0, 0.05) is 13.7 Å². The molecule has 1 N–H and O–H groups in total. The van der Waals surface area contributed by atoms with Crippen LogP contribution in [0.2, 0.25) is 0 Å². The first-order valence-electron chi connectivity index (χ1n) is 10.4. The predicted molar refractivity (Wildman–Crippen MR) is 121 cm³/mol. The SMILES string of the molecule is C/C=C(\C=C/c1cccc(-c2ccc([C@@H]3CCCNC3)c(C)c2C)c1)COC. The van der Waals surface area contributed by atoms with Crippen LogP contribution in [0, 0.1) is 13.8 Å². The van der Waals surface area contributed by atoms with Gasteiger partial charge in [-0.15, -0.1) is 0 Å². The molecule has 1 atom stereocenters. The Kier molecular flexibility index (Phi) is 7.24. The summed E-state index contributed by atoms with van der Waals surface area (Å²) in [5.74, 6) is 0.649. The Balaban J connectivity index is 1.87. The minimum absolute atomic E-state index is 0.641. The summed E-state index contributed by atoms with van der Waals surface area (Å²) in [7, 11) is 1.73. The fraction of sp³-hybridized carbons (Fsp3) is 0.385. The summed E-state index contributed by atoms with van der Waals surface area (Å²) >= 11 is 0. The summed E-state index contributed by atoms with van der Waals surface area (Å²) in [4.78, 5) is 0. The van der Waals surface area contributed by atoms with Crippen LogP contribution in [0.3, 0.4) is 0 Å². The average Bonchev–Trinajstić information content (AvgIpc) is 2.74. The third-order valence-corrected chi connectivity index (χ3v) is 5.94. The molecule has 0 unspecified atom stereocenters. The van der Waals surface area contributed by atoms with Gasteiger partial charge in [0.15, 0.2) is 0 Å². The highest BCUT2D eigenvalue weighted by atomic mass is 16.5. The molecule has 1 heterocycles. The Morgan fingerprint density at radius 1 is 1.18 bits per heavy atom. The van der Waals surface area contributed by atoms with Crippen molar-refractivity contribution in [2.24, 2.45) is 0 Å². The van der Waals surface area contributed by atoms with Crippen molar-refractivity contribution in [3.8, 4) is 11.1 Å². The number of rotatable bonds is 6. The summed E-state index contributed by atoms with van der Waals surface area (Å²) in [6.45, 7) is 9.51. The normalized spacial score (nSPS) is 18.0. The Labute approximate surface area is 170 Å². The number of ether oxygens (including phenoxy) is 1. The summed E-state index contributed by atoms with van der Waals surface area (Å²) < 4.78 is 5.24. The zero-order valence-corrected chi connectivity index (χ0v) is 17.7. The maximum absolute atomic E-state index is 5.24. The lowest BCUT2D eigenvalue weighted by molar-refractivity contribution is 0.228. The largest absolute Gasteiger partial charge is 0.380 e. The van der Waals surface area contributed by atoms with Gasteiger partial charge in [-0.25, -0.2) is 0 Å². The zero-order valence-electron chi connectivity index (χ0n) is 17.7. The molecule has 2 aromatic rings. The Bertz CT molecular complexity index is 857. The Morgan fingerprint density at radius 2 is 2.04 bits per heavy atom. The molecule has 2 heteroatoms. The van der Waals surface area contributed by atoms with Crippen LogP contribution in [0.25, 0.3) is 17.2 Å². The molecule has 3 rings (SSSR count). The molecule has 0 aliphatic carbocycles. The molecule has 1 aliphatic heterocycles. The molecule has 0 saturated carbocycles. The molecule has 1 aliphatic rings. The average molecular weight is 376 g/mol. The van der Waals surface area contributed by atoms with Crippen LogP contribution < -0.4 is 5.32 Å². The van der Waals surface area contributed by atoms with Gasteiger partial charge in [-0.05, 0) is 91.1 Å². The molecule has 148 valence electrons. The van der Waals surface area contributed by atoms with Crippen LogP contribution in [-0.2, 0) is 4.74 Å². The highest BCUT2D eigenvalue weighted by molar-refractivity contribution is 5.72. The summed E-state index contributed by atoms with van der Waals surface area (Å²) in [5.41, 5.74) is 9.38. The van der Waals surface area contributed by atoms with Crippen LogP contribution in [0.4, 0.5) is 0 Å². The standard InChI is InChI=1S/C26H33NO/c1-5-21(18-28-4)11-12-22-8-6-9-23(16-22)25-13-14-26(20(3)19(25)2)24-10-7-15-27-17-24/h5-6,8-9,11-14,16,24,27H,7,10,15,17-18H2,1-4H3/b12-11-,21-5+/t24-/m1/s1. The molecule has 2 aromatic carbocycles. The Morgan fingerprint density at radius 3 is 2.75 bits per heavy atom. The highest BCUT2D eigenvalue weighted by Crippen LogP contribution is 2.33. The van der Waals surface area contributed by atoms with Crippen molar-refractivity contribution in [3.05, 3.63) is 76.4 Å². The molecule has 0 amide bonds. The predicted octanol–water partition coefficient (Wildman–Crippen LogP) is 6.04. The molecule has 0 bridgehead atoms. The van der Waals surface area contributed by atoms with E-state index in [-0.39, 0.29) is 0 Å². The van der Waals surface area contributed by atoms with E-state index in [1.165, 1.54) is 51.8 Å². The van der Waals surface area contributed by atoms with Crippen molar-refractivity contribution in [2.75, 3.05) is 26.8 Å². The van der Waals surface area contributed by atoms with Gasteiger partial charge >= 0.3 is 0 Å². The van der Waals surface area contributed by atoms with E-state index in [0.717, 1.165) is 13.1 Å². The van der Waals surface area contributed by atoms with Crippen molar-refractivity contribution in [1.82, 2.24) is 5.32 Å². The molecule has 0 radical (unpaired) electrons. The second-order valence-corrected chi connectivity index (χ2v) is 7.75. The van der Waals surface area contributed by atoms with Gasteiger partial charge in [-0.3, -0.25) is 0 Å². The third-order valence-electron chi connectivity index (χ3n) is 5.94. The number of nitrogens with one attached hydrogen (secondary N) is 1. The summed E-state index contributed by atoms with van der Waals surface area (Å²) in [6, 6.07) is 13.5. The maximum Gasteiger partial charge on any atom is 0.0709 e. The second kappa shape index (κ2) is 9.86. The quantitative estimate of drug-likeness (QED) is 0.621. The molecule has 28 heavy (non-hydrogen) atoms. The van der Waals surface area contributed by atoms with E-state index >= 15 is 0 Å². The minimum Gasteiger partial charge on any atom is -0.380 e. The van der Waals surface area contributed by atoms with Crippen molar-refractivity contribution in [2.45, 2.75) is 39.5 Å². The van der Waals surface area contributed by atoms with E-state index < -0.39 is 0 Å². The zero-order chi connectivity index (χ0) is 19.9. The number of methoxy groups -OCH3 is 1. The first-order chi connectivity index (χ1) is 13.6. The lowest BCUT2D eigenvalue weighted by atomic mass is 9.84. The van der Waals surface area contributed by atoms with Crippen LogP contribution >= 0.6 is 0 Å². The fourth-order valence-electron chi connectivity index (χ4n) is 4.12. The highest BCUT2D eigenvalue weighted by Gasteiger charge is 2.18. The monoisotopic (exact) mass is 375 g/mol. The summed E-state index contributed by atoms with van der Waals surface area (Å²) in [5, 5.41) is 3.55. The molecular formula is C26H33NO. The van der Waals surface area contributed by atoms with Crippen molar-refractivity contribution >= 4 is 6.08 Å². The molecule has 1 saturated heterocycles. The number of piperidine rings is 1. The smallest absolute Gasteiger partial charge is 0.0709 e. The van der Waals surface area contributed by atoms with E-state index in [4.69, 9.17) is 4.74 Å². The fourth-order valence-corrected chi connectivity index (χ4v) is 4.12. The lowest BCUT2D eigenvalue weighted by Gasteiger charge is -2.26. The first kappa shape index (κ1) is 20.6. The first-order valence-corrected chi connectivity index (χ1v) is 10.4. The van der Waals surface area contributed by atoms with E-state index in [2.05, 4.69) is 73.8 Å². The van der Waals surface area contributed by atoms with Gasteiger partial charge in [-0.1, -0.05) is 48.6 Å². The van der Waals surface area contributed by atoms with E-state index in [1.54, 1.807) is 7.11 Å². The van der Waals surface area contributed by atoms with Crippen LogP contribution in [0.1, 0.15) is 47.9 Å². The van der Waals surface area contributed by atoms with Gasteiger partial charge in [0.25, 0.3) is 0 Å². The third kappa shape index (κ3) is 4.81. The van der Waals surface area contributed by atoms with Crippen LogP contribution in [0.5, 0.6) is 0 Å². The molecule has 0 aromatic heterocycles. The van der Waals surface area contributed by atoms with Gasteiger partial charge in [0.1, 0.15) is 0 Å². The van der Waals surface area contributed by atoms with Crippen molar-refractivity contribution in [1.29, 1.82) is 0 Å². The van der Waals surface area contributed by atoms with Crippen LogP contribution in [-0.4, -0.2) is 26.8 Å². The summed E-state index contributed by atoms with van der Waals surface area (Å²) in [6.07, 6.45) is 8.97. The second-order valence-electron chi connectivity index (χ2n) is 7.75. The molecule has 1 fully saturated rings. The number of hydrogen-bond donors (Lipinski definition) is 1. The van der Waals surface area contributed by atoms with Gasteiger partial charge in [0.05, 0.1) is 6.61 Å². The minimum atomic E-state index is 0.641. The lowest BCUT2D eigenvalue weighted by Crippen LogP contribution is -2.28. The van der Waals surface area contributed by atoms with E-state index in [0.29, 0.717) is 12.5 Å². The number of benzene rings is 2. The number of allylic oxidation sites excluding steroid dienone is 1. The van der Waals surface area contributed by atoms with Crippen molar-refractivity contribution in [3.63, 3.8) is 0 Å². The van der Waals surface area contributed by atoms with E-state index in [9.17, 15) is 0 Å². The Hall–Kier alpha value is -2.16. The van der Waals surface area contributed by atoms with Crippen LogP contribution in [0.15, 0.2) is 54.1 Å². The topological polar surface area (TPSA) is 21.3 Å². The van der Waals surface area contributed by atoms with Gasteiger partial charge in [-0.2, -0.15) is 0 Å².